The van der Waals surface area contributed by atoms with Gasteiger partial charge in [-0.25, -0.2) is 4.79 Å². The summed E-state index contributed by atoms with van der Waals surface area (Å²) in [6, 6.07) is 16.4. The second-order valence-corrected chi connectivity index (χ2v) is 9.25. The van der Waals surface area contributed by atoms with E-state index in [1.807, 2.05) is 50.2 Å². The summed E-state index contributed by atoms with van der Waals surface area (Å²) in [6.07, 6.45) is 0.678. The number of anilines is 2. The standard InChI is InChI=1S/C26H26N2O5S/c1-16-11-22(12-17(2)25(16)21-5-4-6-23(14-21)33-18(3)29)27-26(30)28-10-9-20-13-19(15-34(31)32)7-8-24(20)28/h4-8,11-14H,9-10,15H2,1-3H3,(H,27,30)(H,31,32)/p-1. The second-order valence-electron chi connectivity index (χ2n) is 8.35. The van der Waals surface area contributed by atoms with Gasteiger partial charge in [0.25, 0.3) is 0 Å². The highest BCUT2D eigenvalue weighted by Crippen LogP contribution is 2.33. The van der Waals surface area contributed by atoms with Gasteiger partial charge >= 0.3 is 12.0 Å². The summed E-state index contributed by atoms with van der Waals surface area (Å²) in [5.41, 5.74) is 7.07. The number of carbonyl (C=O) groups is 2. The monoisotopic (exact) mass is 477 g/mol. The van der Waals surface area contributed by atoms with Gasteiger partial charge < -0.3 is 14.6 Å². The minimum absolute atomic E-state index is 0.0336. The van der Waals surface area contributed by atoms with E-state index in [0.717, 1.165) is 33.5 Å². The zero-order valence-electron chi connectivity index (χ0n) is 19.2. The fraction of sp³-hybridized carbons (Fsp3) is 0.231. The van der Waals surface area contributed by atoms with Crippen LogP contribution in [-0.2, 0) is 28.0 Å². The minimum atomic E-state index is -2.15. The van der Waals surface area contributed by atoms with Gasteiger partial charge in [-0.3, -0.25) is 13.9 Å². The Hall–Kier alpha value is -3.49. The normalized spacial score (nSPS) is 13.4. The fourth-order valence-electron chi connectivity index (χ4n) is 4.45. The molecular weight excluding hydrogens is 452 g/mol. The number of carbonyl (C=O) groups excluding carboxylic acids is 2. The molecule has 1 unspecified atom stereocenters. The molecular formula is C26H25N2O5S-. The van der Waals surface area contributed by atoms with Crippen LogP contribution in [0.3, 0.4) is 0 Å². The minimum Gasteiger partial charge on any atom is -0.772 e. The third-order valence-electron chi connectivity index (χ3n) is 5.74. The molecule has 176 valence electrons. The van der Waals surface area contributed by atoms with E-state index in [-0.39, 0.29) is 17.8 Å². The first-order chi connectivity index (χ1) is 16.2. The number of hydrogen-bond acceptors (Lipinski definition) is 5. The third kappa shape index (κ3) is 5.18. The van der Waals surface area contributed by atoms with E-state index in [1.54, 1.807) is 23.1 Å². The van der Waals surface area contributed by atoms with Gasteiger partial charge in [0.15, 0.2) is 0 Å². The van der Waals surface area contributed by atoms with Crippen LogP contribution in [0.5, 0.6) is 5.75 Å². The summed E-state index contributed by atoms with van der Waals surface area (Å²) < 4.78 is 27.2. The van der Waals surface area contributed by atoms with Gasteiger partial charge in [0, 0.05) is 30.6 Å². The number of aryl methyl sites for hydroxylation is 2. The summed E-state index contributed by atoms with van der Waals surface area (Å²) in [7, 11) is 0. The average Bonchev–Trinajstić information content (AvgIpc) is 3.16. The Bertz CT molecular complexity index is 1280. The van der Waals surface area contributed by atoms with Crippen molar-refractivity contribution in [3.05, 3.63) is 76.9 Å². The largest absolute Gasteiger partial charge is 0.772 e. The maximum atomic E-state index is 13.0. The van der Waals surface area contributed by atoms with Crippen LogP contribution in [0.1, 0.15) is 29.2 Å². The van der Waals surface area contributed by atoms with Gasteiger partial charge in [-0.05, 0) is 84.0 Å². The molecule has 0 bridgehead atoms. The van der Waals surface area contributed by atoms with Crippen LogP contribution in [0.2, 0.25) is 0 Å². The molecule has 8 heteroatoms. The summed E-state index contributed by atoms with van der Waals surface area (Å²) in [5.74, 6) is 0.0796. The Morgan fingerprint density at radius 1 is 1.09 bits per heavy atom. The number of urea groups is 1. The molecule has 1 atom stereocenters. The zero-order chi connectivity index (χ0) is 24.4. The van der Waals surface area contributed by atoms with Crippen LogP contribution < -0.4 is 15.0 Å². The molecule has 0 aromatic heterocycles. The second kappa shape index (κ2) is 9.79. The SMILES string of the molecule is CC(=O)Oc1cccc(-c2c(C)cc(NC(=O)N3CCc4cc(CS(=O)[O-])ccc43)cc2C)c1. The lowest BCUT2D eigenvalue weighted by Crippen LogP contribution is -2.33. The Morgan fingerprint density at radius 2 is 1.82 bits per heavy atom. The molecule has 0 spiro atoms. The fourth-order valence-corrected chi connectivity index (χ4v) is 4.91. The highest BCUT2D eigenvalue weighted by molar-refractivity contribution is 7.78. The molecule has 0 saturated heterocycles. The van der Waals surface area contributed by atoms with E-state index in [1.165, 1.54) is 6.92 Å². The topological polar surface area (TPSA) is 98.8 Å². The molecule has 4 rings (SSSR count). The van der Waals surface area contributed by atoms with Gasteiger partial charge in [-0.15, -0.1) is 0 Å². The van der Waals surface area contributed by atoms with Crippen molar-refractivity contribution < 1.29 is 23.1 Å². The molecule has 0 aliphatic carbocycles. The molecule has 1 aliphatic rings. The number of nitrogens with zero attached hydrogens (tertiary/aromatic N) is 1. The Morgan fingerprint density at radius 3 is 2.50 bits per heavy atom. The van der Waals surface area contributed by atoms with Crippen LogP contribution in [0.4, 0.5) is 16.2 Å². The molecule has 3 aromatic carbocycles. The third-order valence-corrected chi connectivity index (χ3v) is 6.31. The van der Waals surface area contributed by atoms with Crippen molar-refractivity contribution in [3.8, 4) is 16.9 Å². The first-order valence-corrected chi connectivity index (χ1v) is 12.1. The van der Waals surface area contributed by atoms with Crippen molar-refractivity contribution in [2.75, 3.05) is 16.8 Å². The molecule has 1 N–H and O–H groups in total. The number of benzene rings is 3. The molecule has 0 fully saturated rings. The molecule has 1 aliphatic heterocycles. The number of fused-ring (bicyclic) bond motifs is 1. The van der Waals surface area contributed by atoms with Gasteiger partial charge in [-0.1, -0.05) is 35.3 Å². The number of ether oxygens (including phenoxy) is 1. The predicted molar refractivity (Wildman–Crippen MR) is 132 cm³/mol. The molecule has 0 saturated carbocycles. The summed E-state index contributed by atoms with van der Waals surface area (Å²) >= 11 is -2.15. The van der Waals surface area contributed by atoms with E-state index < -0.39 is 11.1 Å². The lowest BCUT2D eigenvalue weighted by atomic mass is 9.95. The van der Waals surface area contributed by atoms with Gasteiger partial charge in [-0.2, -0.15) is 0 Å². The summed E-state index contributed by atoms with van der Waals surface area (Å²) in [4.78, 5) is 26.0. The van der Waals surface area contributed by atoms with Crippen molar-refractivity contribution >= 4 is 34.5 Å². The number of esters is 1. The Balaban J connectivity index is 1.53. The molecule has 2 amide bonds. The Labute approximate surface area is 201 Å². The van der Waals surface area contributed by atoms with Crippen LogP contribution in [0.15, 0.2) is 54.6 Å². The van der Waals surface area contributed by atoms with Crippen molar-refractivity contribution in [2.45, 2.75) is 32.9 Å². The highest BCUT2D eigenvalue weighted by atomic mass is 32.2. The number of hydrogen-bond donors (Lipinski definition) is 1. The van der Waals surface area contributed by atoms with E-state index in [9.17, 15) is 18.4 Å². The summed E-state index contributed by atoms with van der Waals surface area (Å²) in [6.45, 7) is 5.85. The first-order valence-electron chi connectivity index (χ1n) is 10.9. The summed E-state index contributed by atoms with van der Waals surface area (Å²) in [5, 5.41) is 2.99. The lowest BCUT2D eigenvalue weighted by Gasteiger charge is -2.20. The smallest absolute Gasteiger partial charge is 0.326 e. The predicted octanol–water partition coefficient (Wildman–Crippen LogP) is 4.87. The molecule has 7 nitrogen and oxygen atoms in total. The molecule has 34 heavy (non-hydrogen) atoms. The van der Waals surface area contributed by atoms with Crippen molar-refractivity contribution in [1.29, 1.82) is 0 Å². The van der Waals surface area contributed by atoms with Gasteiger partial charge in [0.1, 0.15) is 5.75 Å². The zero-order valence-corrected chi connectivity index (χ0v) is 20.0. The number of amides is 2. The molecule has 3 aromatic rings. The van der Waals surface area contributed by atoms with Crippen molar-refractivity contribution in [3.63, 3.8) is 0 Å². The molecule has 0 radical (unpaired) electrons. The molecule has 1 heterocycles. The van der Waals surface area contributed by atoms with Gasteiger partial charge in [0.2, 0.25) is 0 Å². The first kappa shape index (κ1) is 23.7. The average molecular weight is 478 g/mol. The maximum absolute atomic E-state index is 13.0. The van der Waals surface area contributed by atoms with E-state index in [2.05, 4.69) is 5.32 Å². The van der Waals surface area contributed by atoms with Crippen LogP contribution in [0, 0.1) is 13.8 Å². The van der Waals surface area contributed by atoms with Crippen molar-refractivity contribution in [2.24, 2.45) is 0 Å². The lowest BCUT2D eigenvalue weighted by molar-refractivity contribution is -0.131. The van der Waals surface area contributed by atoms with Crippen molar-refractivity contribution in [1.82, 2.24) is 0 Å². The van der Waals surface area contributed by atoms with E-state index in [4.69, 9.17) is 4.74 Å². The van der Waals surface area contributed by atoms with Crippen LogP contribution in [0.25, 0.3) is 11.1 Å². The number of rotatable bonds is 5. The van der Waals surface area contributed by atoms with E-state index in [0.29, 0.717) is 30.0 Å². The van der Waals surface area contributed by atoms with E-state index >= 15 is 0 Å². The van der Waals surface area contributed by atoms with Crippen LogP contribution in [-0.4, -0.2) is 27.3 Å². The quantitative estimate of drug-likeness (QED) is 0.321. The number of nitrogens with one attached hydrogen (secondary N) is 1. The van der Waals surface area contributed by atoms with Gasteiger partial charge in [0.05, 0.1) is 0 Å². The maximum Gasteiger partial charge on any atom is 0.326 e. The Kier molecular flexibility index (Phi) is 6.81. The van der Waals surface area contributed by atoms with Crippen LogP contribution >= 0.6 is 0 Å². The highest BCUT2D eigenvalue weighted by Gasteiger charge is 2.25.